The number of aliphatic carboxylic acids is 1. The Kier molecular flexibility index (Phi) is 6.94. The van der Waals surface area contributed by atoms with Gasteiger partial charge in [-0.2, -0.15) is 4.98 Å². The molecule has 29 heavy (non-hydrogen) atoms. The molecule has 1 atom stereocenters. The molecule has 2 heterocycles. The fourth-order valence-electron chi connectivity index (χ4n) is 3.63. The molecule has 0 fully saturated rings. The molecule has 2 aromatic heterocycles. The molecule has 0 unspecified atom stereocenters. The zero-order chi connectivity index (χ0) is 20.6. The molecule has 5 N–H and O–H groups in total. The zero-order valence-corrected chi connectivity index (χ0v) is 16.4. The van der Waals surface area contributed by atoms with E-state index in [4.69, 9.17) is 11.5 Å². The topological polar surface area (TPSA) is 128 Å². The van der Waals surface area contributed by atoms with E-state index in [1.807, 2.05) is 30.5 Å². The van der Waals surface area contributed by atoms with Crippen LogP contribution < -0.4 is 11.5 Å². The monoisotopic (exact) mass is 393 g/mol. The second-order valence-corrected chi connectivity index (χ2v) is 7.35. The Morgan fingerprint density at radius 2 is 1.83 bits per heavy atom. The summed E-state index contributed by atoms with van der Waals surface area (Å²) in [4.78, 5) is 23.9. The highest BCUT2D eigenvalue weighted by molar-refractivity contribution is 5.79. The third-order valence-corrected chi connectivity index (χ3v) is 5.06. The molecule has 7 nitrogen and oxygen atoms in total. The average molecular weight is 393 g/mol. The largest absolute Gasteiger partial charge is 0.481 e. The van der Waals surface area contributed by atoms with Gasteiger partial charge in [0.2, 0.25) is 5.95 Å². The Morgan fingerprint density at radius 1 is 1.03 bits per heavy atom. The lowest BCUT2D eigenvalue weighted by Gasteiger charge is -2.15. The molecule has 1 aromatic carbocycles. The number of rotatable bonds is 10. The van der Waals surface area contributed by atoms with Crippen LogP contribution in [0.2, 0.25) is 0 Å². The average Bonchev–Trinajstić information content (AvgIpc) is 2.68. The quantitative estimate of drug-likeness (QED) is 0.445. The van der Waals surface area contributed by atoms with Crippen LogP contribution in [0.5, 0.6) is 0 Å². The van der Waals surface area contributed by atoms with Crippen molar-refractivity contribution in [1.29, 1.82) is 0 Å². The fraction of sp³-hybridized carbons (Fsp3) is 0.364. The molecule has 0 saturated heterocycles. The van der Waals surface area contributed by atoms with Crippen LogP contribution in [0.15, 0.2) is 42.6 Å². The molecule has 0 bridgehead atoms. The van der Waals surface area contributed by atoms with Gasteiger partial charge >= 0.3 is 5.97 Å². The van der Waals surface area contributed by atoms with Crippen molar-refractivity contribution in [2.75, 3.05) is 11.5 Å². The van der Waals surface area contributed by atoms with Gasteiger partial charge in [-0.3, -0.25) is 9.78 Å². The van der Waals surface area contributed by atoms with Crippen LogP contribution in [0.3, 0.4) is 0 Å². The van der Waals surface area contributed by atoms with E-state index in [9.17, 15) is 9.90 Å². The van der Waals surface area contributed by atoms with Gasteiger partial charge < -0.3 is 16.6 Å². The number of nitrogen functional groups attached to an aromatic ring is 2. The van der Waals surface area contributed by atoms with Crippen molar-refractivity contribution in [3.63, 3.8) is 0 Å². The normalized spacial score (nSPS) is 12.1. The van der Waals surface area contributed by atoms with E-state index in [1.54, 1.807) is 6.07 Å². The molecule has 152 valence electrons. The molecule has 0 aliphatic carbocycles. The van der Waals surface area contributed by atoms with Crippen molar-refractivity contribution in [2.45, 2.75) is 50.9 Å². The predicted molar refractivity (Wildman–Crippen MR) is 114 cm³/mol. The van der Waals surface area contributed by atoms with Crippen LogP contribution in [0.4, 0.5) is 11.8 Å². The number of hydrogen-bond donors (Lipinski definition) is 3. The highest BCUT2D eigenvalue weighted by Crippen LogP contribution is 2.28. The van der Waals surface area contributed by atoms with E-state index < -0.39 is 5.97 Å². The van der Waals surface area contributed by atoms with Crippen molar-refractivity contribution in [3.05, 3.63) is 53.9 Å². The lowest BCUT2D eigenvalue weighted by Crippen LogP contribution is -2.07. The molecule has 3 rings (SSSR count). The molecule has 0 spiro atoms. The molecule has 0 aliphatic heterocycles. The summed E-state index contributed by atoms with van der Waals surface area (Å²) < 4.78 is 0. The Bertz CT molecular complexity index is 956. The minimum atomic E-state index is -0.776. The minimum absolute atomic E-state index is 0.0222. The van der Waals surface area contributed by atoms with E-state index >= 15 is 0 Å². The number of carboxylic acids is 1. The smallest absolute Gasteiger partial charge is 0.303 e. The highest BCUT2D eigenvalue weighted by atomic mass is 16.4. The van der Waals surface area contributed by atoms with E-state index in [0.29, 0.717) is 5.82 Å². The molecule has 0 radical (unpaired) electrons. The number of aromatic nitrogens is 3. The summed E-state index contributed by atoms with van der Waals surface area (Å²) in [5.41, 5.74) is 14.1. The molecule has 0 saturated carbocycles. The highest BCUT2D eigenvalue weighted by Gasteiger charge is 2.16. The summed E-state index contributed by atoms with van der Waals surface area (Å²) in [6.07, 6.45) is 7.62. The van der Waals surface area contributed by atoms with Gasteiger partial charge in [-0.05, 0) is 42.9 Å². The summed E-state index contributed by atoms with van der Waals surface area (Å²) >= 11 is 0. The predicted octanol–water partition coefficient (Wildman–Crippen LogP) is 3.94. The third kappa shape index (κ3) is 6.14. The van der Waals surface area contributed by atoms with Gasteiger partial charge in [-0.15, -0.1) is 0 Å². The van der Waals surface area contributed by atoms with Gasteiger partial charge in [0, 0.05) is 23.3 Å². The molecule has 3 aromatic rings. The lowest BCUT2D eigenvalue weighted by atomic mass is 9.90. The number of hydrogen-bond acceptors (Lipinski definition) is 6. The van der Waals surface area contributed by atoms with Crippen molar-refractivity contribution < 1.29 is 9.90 Å². The van der Waals surface area contributed by atoms with Crippen LogP contribution in [0.25, 0.3) is 10.9 Å². The molecular weight excluding hydrogens is 366 g/mol. The molecule has 7 heteroatoms. The van der Waals surface area contributed by atoms with Crippen molar-refractivity contribution in [2.24, 2.45) is 0 Å². The summed E-state index contributed by atoms with van der Waals surface area (Å²) in [6.45, 7) is 0. The Morgan fingerprint density at radius 3 is 2.62 bits per heavy atom. The van der Waals surface area contributed by atoms with Crippen molar-refractivity contribution in [3.8, 4) is 0 Å². The first-order valence-electron chi connectivity index (χ1n) is 9.96. The van der Waals surface area contributed by atoms with Crippen LogP contribution in [0.1, 0.15) is 55.7 Å². The Balaban J connectivity index is 1.50. The first kappa shape index (κ1) is 20.5. The first-order chi connectivity index (χ1) is 14.0. The number of carboxylic acid groups (broad SMARTS) is 1. The van der Waals surface area contributed by atoms with Crippen molar-refractivity contribution >= 4 is 28.6 Å². The van der Waals surface area contributed by atoms with Crippen LogP contribution in [-0.2, 0) is 11.2 Å². The van der Waals surface area contributed by atoms with E-state index in [0.717, 1.165) is 60.7 Å². The maximum Gasteiger partial charge on any atom is 0.303 e. The Hall–Kier alpha value is -3.22. The summed E-state index contributed by atoms with van der Waals surface area (Å²) in [5, 5.41) is 10.4. The number of anilines is 2. The number of benzene rings is 1. The maximum atomic E-state index is 11.3. The summed E-state index contributed by atoms with van der Waals surface area (Å²) in [5.74, 6) is -0.193. The zero-order valence-electron chi connectivity index (χ0n) is 16.4. The summed E-state index contributed by atoms with van der Waals surface area (Å²) in [7, 11) is 0. The number of carbonyl (C=O) groups is 1. The third-order valence-electron chi connectivity index (χ3n) is 5.06. The van der Waals surface area contributed by atoms with Gasteiger partial charge in [-0.1, -0.05) is 37.5 Å². The Labute approximate surface area is 170 Å². The van der Waals surface area contributed by atoms with Gasteiger partial charge in [0.1, 0.15) is 5.82 Å². The lowest BCUT2D eigenvalue weighted by molar-refractivity contribution is -0.137. The number of pyridine rings is 1. The van der Waals surface area contributed by atoms with E-state index in [-0.39, 0.29) is 18.3 Å². The SMILES string of the molecule is Nc1cc(CCCCCC[C@H](CC(=O)O)c2cnc3ccccc3c2)nc(N)n1. The summed E-state index contributed by atoms with van der Waals surface area (Å²) in [6, 6.07) is 11.7. The number of unbranched alkanes of at least 4 members (excludes halogenated alkanes) is 3. The number of fused-ring (bicyclic) bond motifs is 1. The first-order valence-corrected chi connectivity index (χ1v) is 9.96. The number of nitrogens with two attached hydrogens (primary N) is 2. The van der Waals surface area contributed by atoms with Gasteiger partial charge in [0.25, 0.3) is 0 Å². The van der Waals surface area contributed by atoms with Gasteiger partial charge in [0.05, 0.1) is 11.9 Å². The van der Waals surface area contributed by atoms with E-state index in [1.165, 1.54) is 0 Å². The van der Waals surface area contributed by atoms with Crippen molar-refractivity contribution in [1.82, 2.24) is 15.0 Å². The van der Waals surface area contributed by atoms with E-state index in [2.05, 4.69) is 21.0 Å². The van der Waals surface area contributed by atoms with Crippen LogP contribution in [-0.4, -0.2) is 26.0 Å². The second-order valence-electron chi connectivity index (χ2n) is 7.35. The van der Waals surface area contributed by atoms with Crippen LogP contribution >= 0.6 is 0 Å². The number of nitrogens with zero attached hydrogens (tertiary/aromatic N) is 3. The fourth-order valence-corrected chi connectivity index (χ4v) is 3.63. The standard InChI is InChI=1S/C22H27N5O2/c23-20-13-18(26-22(24)27-20)9-4-2-1-3-7-15(12-21(28)29)17-11-16-8-5-6-10-19(16)25-14-17/h5-6,8,10-11,13-15H,1-4,7,9,12H2,(H,28,29)(H4,23,24,26,27)/t15-/m1/s1. The number of para-hydroxylation sites is 1. The number of aryl methyl sites for hydroxylation is 1. The van der Waals surface area contributed by atoms with Gasteiger partial charge in [0.15, 0.2) is 0 Å². The molecule has 0 aliphatic rings. The van der Waals surface area contributed by atoms with Crippen LogP contribution in [0, 0.1) is 0 Å². The van der Waals surface area contributed by atoms with Gasteiger partial charge in [-0.25, -0.2) is 4.98 Å². The minimum Gasteiger partial charge on any atom is -0.481 e. The molecule has 0 amide bonds. The maximum absolute atomic E-state index is 11.3. The second kappa shape index (κ2) is 9.82. The molecular formula is C22H27N5O2.